The fourth-order valence-electron chi connectivity index (χ4n) is 4.65. The number of hydrogen-bond acceptors (Lipinski definition) is 5. The van der Waals surface area contributed by atoms with Gasteiger partial charge in [0.05, 0.1) is 5.69 Å². The van der Waals surface area contributed by atoms with Gasteiger partial charge in [-0.2, -0.15) is 0 Å². The molecule has 0 radical (unpaired) electrons. The first-order chi connectivity index (χ1) is 12.7. The lowest BCUT2D eigenvalue weighted by molar-refractivity contribution is -0.132. The van der Waals surface area contributed by atoms with Crippen LogP contribution in [0.4, 0.5) is 5.69 Å². The third kappa shape index (κ3) is 3.72. The van der Waals surface area contributed by atoms with Crippen molar-refractivity contribution in [2.45, 2.75) is 44.8 Å². The van der Waals surface area contributed by atoms with Gasteiger partial charge in [-0.3, -0.25) is 9.69 Å². The van der Waals surface area contributed by atoms with Crippen LogP contribution in [0.3, 0.4) is 0 Å². The molecule has 2 fully saturated rings. The van der Waals surface area contributed by atoms with E-state index in [2.05, 4.69) is 49.8 Å². The quantitative estimate of drug-likeness (QED) is 0.864. The molecule has 1 aromatic carbocycles. The van der Waals surface area contributed by atoms with E-state index in [4.69, 9.17) is 0 Å². The van der Waals surface area contributed by atoms with Crippen LogP contribution in [0.2, 0.25) is 0 Å². The van der Waals surface area contributed by atoms with Crippen molar-refractivity contribution in [3.63, 3.8) is 0 Å². The Bertz CT molecular complexity index is 628. The van der Waals surface area contributed by atoms with Gasteiger partial charge in [-0.25, -0.2) is 5.43 Å². The van der Waals surface area contributed by atoms with Gasteiger partial charge in [0.2, 0.25) is 5.91 Å². The van der Waals surface area contributed by atoms with Gasteiger partial charge in [0.15, 0.2) is 0 Å². The van der Waals surface area contributed by atoms with Crippen molar-refractivity contribution in [1.29, 1.82) is 0 Å². The van der Waals surface area contributed by atoms with Gasteiger partial charge in [-0.15, -0.1) is 0 Å². The van der Waals surface area contributed by atoms with E-state index in [0.717, 1.165) is 45.7 Å². The topological polar surface area (TPSA) is 50.9 Å². The van der Waals surface area contributed by atoms with Crippen LogP contribution in [0.5, 0.6) is 0 Å². The number of anilines is 1. The first-order valence-electron chi connectivity index (χ1n) is 10.1. The van der Waals surface area contributed by atoms with Gasteiger partial charge in [0.25, 0.3) is 0 Å². The van der Waals surface area contributed by atoms with Crippen molar-refractivity contribution in [2.75, 3.05) is 44.7 Å². The maximum atomic E-state index is 11.8. The number of likely N-dealkylation sites (tertiary alicyclic amines) is 1. The van der Waals surface area contributed by atoms with Crippen LogP contribution < -0.4 is 10.9 Å². The van der Waals surface area contributed by atoms with Crippen LogP contribution in [0.25, 0.3) is 0 Å². The van der Waals surface area contributed by atoms with Crippen molar-refractivity contribution in [2.24, 2.45) is 0 Å². The molecule has 0 spiro atoms. The molecule has 3 aliphatic rings. The second-order valence-corrected chi connectivity index (χ2v) is 7.79. The number of benzene rings is 1. The van der Waals surface area contributed by atoms with Crippen LogP contribution in [0.15, 0.2) is 24.3 Å². The maximum absolute atomic E-state index is 11.8. The van der Waals surface area contributed by atoms with Crippen LogP contribution >= 0.6 is 0 Å². The zero-order valence-electron chi connectivity index (χ0n) is 15.8. The third-order valence-electron chi connectivity index (χ3n) is 6.18. The van der Waals surface area contributed by atoms with Gasteiger partial charge in [0.1, 0.15) is 6.17 Å². The van der Waals surface area contributed by atoms with E-state index in [9.17, 15) is 4.79 Å². The van der Waals surface area contributed by atoms with Gasteiger partial charge in [-0.1, -0.05) is 18.2 Å². The Kier molecular flexibility index (Phi) is 5.43. The Morgan fingerprint density at radius 1 is 1.12 bits per heavy atom. The zero-order chi connectivity index (χ0) is 17.9. The number of amides is 1. The predicted octanol–water partition coefficient (Wildman–Crippen LogP) is 2.02. The predicted molar refractivity (Wildman–Crippen MR) is 104 cm³/mol. The highest BCUT2D eigenvalue weighted by atomic mass is 16.2. The normalized spacial score (nSPS) is 27.2. The Hall–Kier alpha value is -1.63. The Morgan fingerprint density at radius 3 is 2.73 bits per heavy atom. The number of fused-ring (bicyclic) bond motifs is 1. The molecular formula is C20H31N5O. The monoisotopic (exact) mass is 357 g/mol. The van der Waals surface area contributed by atoms with Crippen molar-refractivity contribution >= 4 is 11.6 Å². The molecule has 2 atom stereocenters. The third-order valence-corrected chi connectivity index (χ3v) is 6.18. The van der Waals surface area contributed by atoms with Crippen LogP contribution in [0.1, 0.15) is 44.3 Å². The van der Waals surface area contributed by atoms with Gasteiger partial charge in [0, 0.05) is 57.8 Å². The number of piperidine rings is 1. The van der Waals surface area contributed by atoms with Crippen molar-refractivity contribution in [3.8, 4) is 0 Å². The highest BCUT2D eigenvalue weighted by Gasteiger charge is 2.30. The summed E-state index contributed by atoms with van der Waals surface area (Å²) >= 11 is 0. The zero-order valence-corrected chi connectivity index (χ0v) is 15.8. The molecule has 6 nitrogen and oxygen atoms in total. The molecule has 1 amide bonds. The summed E-state index contributed by atoms with van der Waals surface area (Å²) in [6.07, 6.45) is 5.00. The summed E-state index contributed by atoms with van der Waals surface area (Å²) in [5.74, 6) is 0.248. The van der Waals surface area contributed by atoms with E-state index in [1.165, 1.54) is 30.5 Å². The fraction of sp³-hybridized carbons (Fsp3) is 0.650. The molecule has 0 saturated carbocycles. The number of carbonyl (C=O) groups is 1. The molecule has 1 unspecified atom stereocenters. The minimum atomic E-state index is 0.248. The van der Waals surface area contributed by atoms with Crippen molar-refractivity contribution in [3.05, 3.63) is 29.8 Å². The molecule has 0 bridgehead atoms. The number of nitrogens with zero attached hydrogens (tertiary/aromatic N) is 3. The Morgan fingerprint density at radius 2 is 1.92 bits per heavy atom. The van der Waals surface area contributed by atoms with Crippen LogP contribution in [0, 0.1) is 0 Å². The summed E-state index contributed by atoms with van der Waals surface area (Å²) in [6.45, 7) is 8.14. The first-order valence-corrected chi connectivity index (χ1v) is 10.1. The lowest BCUT2D eigenvalue weighted by Crippen LogP contribution is -2.51. The fourth-order valence-corrected chi connectivity index (χ4v) is 4.65. The summed E-state index contributed by atoms with van der Waals surface area (Å²) in [6, 6.07) is 8.97. The molecule has 0 aromatic heterocycles. The second kappa shape index (κ2) is 7.94. The lowest BCUT2D eigenvalue weighted by Gasteiger charge is -2.40. The lowest BCUT2D eigenvalue weighted by atomic mass is 9.99. The molecule has 2 saturated heterocycles. The van der Waals surface area contributed by atoms with Crippen LogP contribution in [-0.4, -0.2) is 65.9 Å². The largest absolute Gasteiger partial charge is 0.340 e. The molecule has 2 N–H and O–H groups in total. The first kappa shape index (κ1) is 17.8. The molecule has 1 aromatic rings. The number of hydrogen-bond donors (Lipinski definition) is 2. The standard InChI is InChI=1S/C20H31N5O/c1-16(26)25-10-5-4-6-17(25)9-11-23-12-14-24(15-13-23)20-18-7-2-3-8-19(18)21-22-20/h2-3,7-8,17,20-22H,4-6,9-15H2,1H3/t17-,20?/m0/s1. The van der Waals surface area contributed by atoms with Gasteiger partial charge in [-0.05, 0) is 31.7 Å². The smallest absolute Gasteiger partial charge is 0.219 e. The second-order valence-electron chi connectivity index (χ2n) is 7.79. The molecule has 4 rings (SSSR count). The number of hydrazine groups is 1. The highest BCUT2D eigenvalue weighted by molar-refractivity contribution is 5.73. The maximum Gasteiger partial charge on any atom is 0.219 e. The Labute approximate surface area is 156 Å². The minimum absolute atomic E-state index is 0.248. The van der Waals surface area contributed by atoms with Crippen LogP contribution in [-0.2, 0) is 4.79 Å². The molecule has 26 heavy (non-hydrogen) atoms. The van der Waals surface area contributed by atoms with Gasteiger partial charge >= 0.3 is 0 Å². The number of para-hydroxylation sites is 1. The summed E-state index contributed by atoms with van der Waals surface area (Å²) in [7, 11) is 0. The number of rotatable bonds is 4. The molecular weight excluding hydrogens is 326 g/mol. The van der Waals surface area contributed by atoms with Gasteiger partial charge < -0.3 is 15.2 Å². The Balaban J connectivity index is 1.26. The number of nitrogens with one attached hydrogen (secondary N) is 2. The molecule has 142 valence electrons. The van der Waals surface area contributed by atoms with E-state index < -0.39 is 0 Å². The minimum Gasteiger partial charge on any atom is -0.340 e. The average molecular weight is 358 g/mol. The van der Waals surface area contributed by atoms with E-state index in [1.807, 2.05) is 0 Å². The van der Waals surface area contributed by atoms with E-state index in [0.29, 0.717) is 6.04 Å². The summed E-state index contributed by atoms with van der Waals surface area (Å²) in [5, 5.41) is 0. The van der Waals surface area contributed by atoms with E-state index >= 15 is 0 Å². The van der Waals surface area contributed by atoms with Crippen molar-refractivity contribution < 1.29 is 4.79 Å². The summed E-state index contributed by atoms with van der Waals surface area (Å²) < 4.78 is 0. The average Bonchev–Trinajstić information content (AvgIpc) is 3.11. The van der Waals surface area contributed by atoms with E-state index in [-0.39, 0.29) is 12.1 Å². The highest BCUT2D eigenvalue weighted by Crippen LogP contribution is 2.31. The SMILES string of the molecule is CC(=O)N1CCCC[C@H]1CCN1CCN(C2NNc3ccccc32)CC1. The summed E-state index contributed by atoms with van der Waals surface area (Å²) in [4.78, 5) is 19.0. The van der Waals surface area contributed by atoms with E-state index in [1.54, 1.807) is 6.92 Å². The molecule has 3 heterocycles. The molecule has 0 aliphatic carbocycles. The summed E-state index contributed by atoms with van der Waals surface area (Å²) in [5.41, 5.74) is 9.26. The number of piperazine rings is 1. The molecule has 3 aliphatic heterocycles. The van der Waals surface area contributed by atoms with Crippen molar-refractivity contribution in [1.82, 2.24) is 20.1 Å². The number of carbonyl (C=O) groups excluding carboxylic acids is 1. The molecule has 6 heteroatoms.